The molecule has 0 spiro atoms. The molecule has 29 heavy (non-hydrogen) atoms. The molecule has 0 unspecified atom stereocenters. The monoisotopic (exact) mass is 393 g/mol. The van der Waals surface area contributed by atoms with Crippen LogP contribution in [0.3, 0.4) is 0 Å². The Labute approximate surface area is 167 Å². The highest BCUT2D eigenvalue weighted by Gasteiger charge is 2.52. The standard InChI is InChI=1S/C21H23N5O3/c27-20(25-22-12-13-1-3-17(4-2-13)26(28)29)18-8-19(24-23-18)21-9-14-5-15(10-21)7-16(6-14)11-21/h1-4,8,12,14-16H,5-7,9-11H2,(H,23,24)(H,25,27)/b22-12+. The van der Waals surface area contributed by atoms with Crippen LogP contribution in [-0.2, 0) is 5.41 Å². The third-order valence-electron chi connectivity index (χ3n) is 6.90. The van der Waals surface area contributed by atoms with Crippen molar-refractivity contribution in [3.8, 4) is 0 Å². The molecule has 4 bridgehead atoms. The topological polar surface area (TPSA) is 113 Å². The molecule has 0 atom stereocenters. The fourth-order valence-corrected chi connectivity index (χ4v) is 6.06. The Balaban J connectivity index is 1.25. The SMILES string of the molecule is O=C(N/N=C/c1ccc([N+](=O)[O-])cc1)c1cc(C23CC4CC(CC(C4)C2)C3)[nH]n1. The normalized spacial score (nSPS) is 30.0. The van der Waals surface area contributed by atoms with Crippen LogP contribution in [0.2, 0.25) is 0 Å². The summed E-state index contributed by atoms with van der Waals surface area (Å²) in [5.74, 6) is 2.12. The zero-order valence-corrected chi connectivity index (χ0v) is 16.0. The zero-order chi connectivity index (χ0) is 20.0. The van der Waals surface area contributed by atoms with Crippen LogP contribution in [0.15, 0.2) is 35.4 Å². The fraction of sp³-hybridized carbons (Fsp3) is 0.476. The van der Waals surface area contributed by atoms with Gasteiger partial charge in [-0.1, -0.05) is 0 Å². The second-order valence-electron chi connectivity index (χ2n) is 8.91. The number of non-ortho nitro benzene ring substituents is 1. The minimum atomic E-state index is -0.457. The number of nitro groups is 1. The summed E-state index contributed by atoms with van der Waals surface area (Å²) in [6.45, 7) is 0. The maximum atomic E-state index is 12.4. The molecule has 4 saturated carbocycles. The van der Waals surface area contributed by atoms with Gasteiger partial charge in [0, 0.05) is 23.2 Å². The lowest BCUT2D eigenvalue weighted by Gasteiger charge is -2.56. The van der Waals surface area contributed by atoms with E-state index < -0.39 is 4.92 Å². The first kappa shape index (κ1) is 18.0. The average molecular weight is 393 g/mol. The molecule has 0 radical (unpaired) electrons. The predicted molar refractivity (Wildman–Crippen MR) is 107 cm³/mol. The molecule has 4 fully saturated rings. The van der Waals surface area contributed by atoms with Gasteiger partial charge in [0.2, 0.25) is 0 Å². The minimum Gasteiger partial charge on any atom is -0.281 e. The highest BCUT2D eigenvalue weighted by atomic mass is 16.6. The van der Waals surface area contributed by atoms with Crippen LogP contribution in [0.5, 0.6) is 0 Å². The van der Waals surface area contributed by atoms with E-state index in [-0.39, 0.29) is 17.0 Å². The van der Waals surface area contributed by atoms with E-state index >= 15 is 0 Å². The fourth-order valence-electron chi connectivity index (χ4n) is 6.06. The lowest BCUT2D eigenvalue weighted by atomic mass is 9.49. The molecule has 2 aromatic rings. The first-order valence-electron chi connectivity index (χ1n) is 10.1. The summed E-state index contributed by atoms with van der Waals surface area (Å²) in [7, 11) is 0. The molecule has 4 aliphatic rings. The molecule has 1 heterocycles. The highest BCUT2D eigenvalue weighted by Crippen LogP contribution is 2.60. The van der Waals surface area contributed by atoms with Crippen LogP contribution in [-0.4, -0.2) is 27.2 Å². The van der Waals surface area contributed by atoms with E-state index in [2.05, 4.69) is 20.7 Å². The van der Waals surface area contributed by atoms with Crippen LogP contribution < -0.4 is 5.43 Å². The van der Waals surface area contributed by atoms with Gasteiger partial charge in [-0.15, -0.1) is 0 Å². The highest BCUT2D eigenvalue weighted by molar-refractivity contribution is 5.93. The Kier molecular flexibility index (Phi) is 4.22. The molecular formula is C21H23N5O3. The summed E-state index contributed by atoms with van der Waals surface area (Å²) in [5, 5.41) is 22.0. The number of benzene rings is 1. The summed E-state index contributed by atoms with van der Waals surface area (Å²) >= 11 is 0. The first-order valence-corrected chi connectivity index (χ1v) is 10.1. The van der Waals surface area contributed by atoms with Gasteiger partial charge >= 0.3 is 0 Å². The number of aromatic nitrogens is 2. The number of hydrogen-bond donors (Lipinski definition) is 2. The summed E-state index contributed by atoms with van der Waals surface area (Å²) in [6, 6.07) is 7.84. The number of hydrogen-bond acceptors (Lipinski definition) is 5. The van der Waals surface area contributed by atoms with Crippen LogP contribution in [0, 0.1) is 27.9 Å². The van der Waals surface area contributed by atoms with Crippen LogP contribution >= 0.6 is 0 Å². The van der Waals surface area contributed by atoms with Gasteiger partial charge in [-0.25, -0.2) is 5.43 Å². The van der Waals surface area contributed by atoms with Crippen LogP contribution in [0.25, 0.3) is 0 Å². The maximum absolute atomic E-state index is 12.4. The number of nitrogens with one attached hydrogen (secondary N) is 2. The molecule has 4 aliphatic carbocycles. The molecule has 1 aromatic carbocycles. The number of aromatic amines is 1. The minimum absolute atomic E-state index is 0.0138. The lowest BCUT2D eigenvalue weighted by molar-refractivity contribution is -0.384. The van der Waals surface area contributed by atoms with Crippen molar-refractivity contribution < 1.29 is 9.72 Å². The van der Waals surface area contributed by atoms with Gasteiger partial charge in [0.05, 0.1) is 11.1 Å². The average Bonchev–Trinajstić information content (AvgIpc) is 3.18. The van der Waals surface area contributed by atoms with Gasteiger partial charge in [0.25, 0.3) is 11.6 Å². The number of hydrazone groups is 1. The van der Waals surface area contributed by atoms with E-state index in [4.69, 9.17) is 0 Å². The van der Waals surface area contributed by atoms with Crippen molar-refractivity contribution in [2.45, 2.75) is 43.9 Å². The molecule has 0 aliphatic heterocycles. The summed E-state index contributed by atoms with van der Waals surface area (Å²) < 4.78 is 0. The van der Waals surface area contributed by atoms with Gasteiger partial charge < -0.3 is 0 Å². The van der Waals surface area contributed by atoms with Crippen molar-refractivity contribution in [3.63, 3.8) is 0 Å². The Morgan fingerprint density at radius 3 is 2.38 bits per heavy atom. The smallest absolute Gasteiger partial charge is 0.281 e. The Morgan fingerprint density at radius 2 is 1.79 bits per heavy atom. The molecule has 6 rings (SSSR count). The number of nitro benzene ring substituents is 1. The lowest BCUT2D eigenvalue weighted by Crippen LogP contribution is -2.48. The Hall–Kier alpha value is -3.03. The van der Waals surface area contributed by atoms with E-state index in [1.807, 2.05) is 6.07 Å². The van der Waals surface area contributed by atoms with Crippen LogP contribution in [0.4, 0.5) is 5.69 Å². The van der Waals surface area contributed by atoms with Crippen molar-refractivity contribution in [1.82, 2.24) is 15.6 Å². The quantitative estimate of drug-likeness (QED) is 0.459. The number of carbonyl (C=O) groups is 1. The second-order valence-corrected chi connectivity index (χ2v) is 8.91. The van der Waals surface area contributed by atoms with E-state index in [1.165, 1.54) is 56.9 Å². The number of rotatable bonds is 5. The molecular weight excluding hydrogens is 370 g/mol. The van der Waals surface area contributed by atoms with Gasteiger partial charge in [-0.3, -0.25) is 20.0 Å². The van der Waals surface area contributed by atoms with Crippen molar-refractivity contribution >= 4 is 17.8 Å². The number of H-pyrrole nitrogens is 1. The summed E-state index contributed by atoms with van der Waals surface area (Å²) in [5.41, 5.74) is 4.77. The molecule has 8 heteroatoms. The number of nitrogens with zero attached hydrogens (tertiary/aromatic N) is 3. The molecule has 1 aromatic heterocycles. The summed E-state index contributed by atoms with van der Waals surface area (Å²) in [6.07, 6.45) is 9.20. The second kappa shape index (κ2) is 6.79. The van der Waals surface area contributed by atoms with E-state index in [9.17, 15) is 14.9 Å². The van der Waals surface area contributed by atoms with Gasteiger partial charge in [0.15, 0.2) is 5.69 Å². The van der Waals surface area contributed by atoms with E-state index in [0.29, 0.717) is 11.3 Å². The molecule has 2 N–H and O–H groups in total. The van der Waals surface area contributed by atoms with Crippen molar-refractivity contribution in [3.05, 3.63) is 57.4 Å². The van der Waals surface area contributed by atoms with Crippen molar-refractivity contribution in [1.29, 1.82) is 0 Å². The molecule has 0 saturated heterocycles. The third-order valence-corrected chi connectivity index (χ3v) is 6.90. The molecule has 1 amide bonds. The van der Waals surface area contributed by atoms with Gasteiger partial charge in [0.1, 0.15) is 0 Å². The first-order chi connectivity index (χ1) is 14.0. The zero-order valence-electron chi connectivity index (χ0n) is 16.0. The van der Waals surface area contributed by atoms with Gasteiger partial charge in [-0.2, -0.15) is 10.2 Å². The number of amides is 1. The number of carbonyl (C=O) groups excluding carboxylic acids is 1. The Morgan fingerprint density at radius 1 is 1.17 bits per heavy atom. The van der Waals surface area contributed by atoms with Gasteiger partial charge in [-0.05, 0) is 80.0 Å². The Bertz CT molecular complexity index is 943. The predicted octanol–water partition coefficient (Wildman–Crippen LogP) is 3.55. The van der Waals surface area contributed by atoms with Crippen molar-refractivity contribution in [2.24, 2.45) is 22.9 Å². The third kappa shape index (κ3) is 3.32. The van der Waals surface area contributed by atoms with Crippen molar-refractivity contribution in [2.75, 3.05) is 0 Å². The largest absolute Gasteiger partial charge is 0.291 e. The van der Waals surface area contributed by atoms with E-state index in [1.54, 1.807) is 12.1 Å². The molecule has 8 nitrogen and oxygen atoms in total. The van der Waals surface area contributed by atoms with E-state index in [0.717, 1.165) is 23.4 Å². The van der Waals surface area contributed by atoms with Crippen LogP contribution in [0.1, 0.15) is 60.3 Å². The maximum Gasteiger partial charge on any atom is 0.291 e. The summed E-state index contributed by atoms with van der Waals surface area (Å²) in [4.78, 5) is 22.6. The molecule has 150 valence electrons.